The van der Waals surface area contributed by atoms with Crippen molar-refractivity contribution in [3.8, 4) is 12.3 Å². The highest BCUT2D eigenvalue weighted by molar-refractivity contribution is 5.99. The van der Waals surface area contributed by atoms with E-state index in [9.17, 15) is 4.79 Å². The van der Waals surface area contributed by atoms with Crippen LogP contribution in [0.2, 0.25) is 0 Å². The van der Waals surface area contributed by atoms with E-state index in [2.05, 4.69) is 16.1 Å². The summed E-state index contributed by atoms with van der Waals surface area (Å²) in [6.07, 6.45) is 8.18. The molecule has 106 valence electrons. The van der Waals surface area contributed by atoms with Gasteiger partial charge in [0.25, 0.3) is 5.91 Å². The molecule has 0 aliphatic carbocycles. The van der Waals surface area contributed by atoms with E-state index >= 15 is 0 Å². The zero-order valence-corrected chi connectivity index (χ0v) is 11.6. The summed E-state index contributed by atoms with van der Waals surface area (Å²) in [6.45, 7) is 3.26. The standard InChI is InChI=1S/C17H16N2O2/c1-2-11-10-21-16-4-3-12(7-14(11)16)17(20)18-15-9-19-6-5-13(15)8-19/h1,3-4,7,10,13,15H,5-6,8-9H2,(H,18,20). The number of nitrogens with zero attached hydrogens (tertiary/aromatic N) is 1. The summed E-state index contributed by atoms with van der Waals surface area (Å²) < 4.78 is 5.37. The van der Waals surface area contributed by atoms with Crippen molar-refractivity contribution in [3.05, 3.63) is 35.6 Å². The molecule has 2 fully saturated rings. The Bertz CT molecular complexity index is 756. The number of amides is 1. The first-order valence-corrected chi connectivity index (χ1v) is 7.25. The Morgan fingerprint density at radius 3 is 3.05 bits per heavy atom. The molecule has 3 atom stereocenters. The van der Waals surface area contributed by atoms with Gasteiger partial charge in [-0.05, 0) is 37.1 Å². The van der Waals surface area contributed by atoms with E-state index < -0.39 is 0 Å². The van der Waals surface area contributed by atoms with Gasteiger partial charge in [-0.2, -0.15) is 0 Å². The summed E-state index contributed by atoms with van der Waals surface area (Å²) in [5, 5.41) is 3.98. The zero-order chi connectivity index (χ0) is 14.4. The van der Waals surface area contributed by atoms with Gasteiger partial charge in [-0.15, -0.1) is 6.42 Å². The Morgan fingerprint density at radius 1 is 1.43 bits per heavy atom. The predicted octanol–water partition coefficient (Wildman–Crippen LogP) is 1.85. The number of benzene rings is 1. The lowest BCUT2D eigenvalue weighted by Gasteiger charge is -2.23. The molecule has 0 radical (unpaired) electrons. The molecule has 1 amide bonds. The van der Waals surface area contributed by atoms with Crippen LogP contribution >= 0.6 is 0 Å². The molecule has 2 bridgehead atoms. The Kier molecular flexibility index (Phi) is 2.76. The van der Waals surface area contributed by atoms with Crippen LogP contribution in [0.25, 0.3) is 11.0 Å². The number of rotatable bonds is 2. The van der Waals surface area contributed by atoms with Crippen molar-refractivity contribution in [2.45, 2.75) is 12.5 Å². The monoisotopic (exact) mass is 280 g/mol. The van der Waals surface area contributed by atoms with Gasteiger partial charge in [0.05, 0.1) is 5.56 Å². The Hall–Kier alpha value is -2.25. The van der Waals surface area contributed by atoms with Crippen molar-refractivity contribution in [3.63, 3.8) is 0 Å². The van der Waals surface area contributed by atoms with Gasteiger partial charge in [0, 0.05) is 30.1 Å². The number of furan rings is 1. The molecule has 2 saturated heterocycles. The highest BCUT2D eigenvalue weighted by Crippen LogP contribution is 2.28. The summed E-state index contributed by atoms with van der Waals surface area (Å²) in [7, 11) is 0. The smallest absolute Gasteiger partial charge is 0.251 e. The summed E-state index contributed by atoms with van der Waals surface area (Å²) in [6, 6.07) is 5.68. The molecular weight excluding hydrogens is 264 g/mol. The van der Waals surface area contributed by atoms with Crippen LogP contribution < -0.4 is 5.32 Å². The lowest BCUT2D eigenvalue weighted by Crippen LogP contribution is -2.43. The summed E-state index contributed by atoms with van der Waals surface area (Å²) in [4.78, 5) is 14.8. The third kappa shape index (κ3) is 2.01. The number of carbonyl (C=O) groups is 1. The molecule has 4 rings (SSSR count). The van der Waals surface area contributed by atoms with Crippen molar-refractivity contribution < 1.29 is 9.21 Å². The molecule has 3 unspecified atom stereocenters. The normalized spacial score (nSPS) is 26.9. The number of nitrogens with one attached hydrogen (secondary N) is 1. The fourth-order valence-corrected chi connectivity index (χ4v) is 3.48. The summed E-state index contributed by atoms with van der Waals surface area (Å²) in [5.74, 6) is 3.16. The van der Waals surface area contributed by atoms with Crippen molar-refractivity contribution in [2.75, 3.05) is 19.6 Å². The Balaban J connectivity index is 1.58. The maximum absolute atomic E-state index is 12.4. The molecule has 1 aromatic carbocycles. The number of hydrogen-bond donors (Lipinski definition) is 1. The van der Waals surface area contributed by atoms with Crippen LogP contribution in [0.1, 0.15) is 22.3 Å². The third-order valence-electron chi connectivity index (χ3n) is 4.64. The van der Waals surface area contributed by atoms with Gasteiger partial charge in [0.1, 0.15) is 11.8 Å². The van der Waals surface area contributed by atoms with Crippen molar-refractivity contribution in [2.24, 2.45) is 5.92 Å². The van der Waals surface area contributed by atoms with E-state index in [-0.39, 0.29) is 11.9 Å². The van der Waals surface area contributed by atoms with Crippen LogP contribution in [0.4, 0.5) is 0 Å². The molecule has 21 heavy (non-hydrogen) atoms. The molecule has 2 aromatic rings. The fraction of sp³-hybridized carbons (Fsp3) is 0.353. The van der Waals surface area contributed by atoms with Crippen LogP contribution in [0.5, 0.6) is 0 Å². The van der Waals surface area contributed by atoms with Gasteiger partial charge < -0.3 is 14.6 Å². The van der Waals surface area contributed by atoms with E-state index in [1.54, 1.807) is 18.4 Å². The molecule has 0 saturated carbocycles. The van der Waals surface area contributed by atoms with E-state index in [1.807, 2.05) is 6.07 Å². The zero-order valence-electron chi connectivity index (χ0n) is 11.6. The van der Waals surface area contributed by atoms with Crippen molar-refractivity contribution in [1.82, 2.24) is 10.2 Å². The molecule has 3 heterocycles. The minimum atomic E-state index is -0.0279. The highest BCUT2D eigenvalue weighted by atomic mass is 16.3. The van der Waals surface area contributed by atoms with Gasteiger partial charge in [0.2, 0.25) is 0 Å². The van der Waals surface area contributed by atoms with Crippen molar-refractivity contribution >= 4 is 16.9 Å². The van der Waals surface area contributed by atoms with Crippen molar-refractivity contribution in [1.29, 1.82) is 0 Å². The fourth-order valence-electron chi connectivity index (χ4n) is 3.48. The Morgan fingerprint density at radius 2 is 2.33 bits per heavy atom. The third-order valence-corrected chi connectivity index (χ3v) is 4.64. The van der Waals surface area contributed by atoms with Crippen LogP contribution in [-0.2, 0) is 0 Å². The first kappa shape index (κ1) is 12.5. The average molecular weight is 280 g/mol. The molecule has 1 N–H and O–H groups in total. The van der Waals surface area contributed by atoms with Crippen LogP contribution in [0.15, 0.2) is 28.9 Å². The SMILES string of the molecule is C#Cc1coc2ccc(C(=O)NC3CN4CCC3C4)cc12. The maximum Gasteiger partial charge on any atom is 0.251 e. The molecule has 0 spiro atoms. The molecule has 2 aliphatic rings. The van der Waals surface area contributed by atoms with Gasteiger partial charge in [0.15, 0.2) is 0 Å². The van der Waals surface area contributed by atoms with Crippen LogP contribution in [0.3, 0.4) is 0 Å². The molecular formula is C17H16N2O2. The highest BCUT2D eigenvalue weighted by Gasteiger charge is 2.38. The van der Waals surface area contributed by atoms with E-state index in [1.165, 1.54) is 13.0 Å². The molecule has 1 aromatic heterocycles. The van der Waals surface area contributed by atoms with Gasteiger partial charge >= 0.3 is 0 Å². The number of fused-ring (bicyclic) bond motifs is 3. The Labute approximate surface area is 123 Å². The second-order valence-corrected chi connectivity index (χ2v) is 5.89. The first-order valence-electron chi connectivity index (χ1n) is 7.25. The van der Waals surface area contributed by atoms with E-state index in [0.29, 0.717) is 22.6 Å². The number of piperidine rings is 1. The predicted molar refractivity (Wildman–Crippen MR) is 80.0 cm³/mol. The lowest BCUT2D eigenvalue weighted by atomic mass is 9.99. The average Bonchev–Trinajstić information content (AvgIpc) is 3.21. The summed E-state index contributed by atoms with van der Waals surface area (Å²) in [5.41, 5.74) is 2.04. The molecule has 4 heteroatoms. The minimum Gasteiger partial charge on any atom is -0.463 e. The van der Waals surface area contributed by atoms with E-state index in [0.717, 1.165) is 18.5 Å². The minimum absolute atomic E-state index is 0.0279. The number of terminal acetylenes is 1. The van der Waals surface area contributed by atoms with Crippen LogP contribution in [-0.4, -0.2) is 36.5 Å². The van der Waals surface area contributed by atoms with Gasteiger partial charge in [-0.3, -0.25) is 4.79 Å². The van der Waals surface area contributed by atoms with Crippen LogP contribution in [0, 0.1) is 18.3 Å². The number of hydrogen-bond acceptors (Lipinski definition) is 3. The molecule has 2 aliphatic heterocycles. The molecule has 4 nitrogen and oxygen atoms in total. The lowest BCUT2D eigenvalue weighted by molar-refractivity contribution is 0.0924. The van der Waals surface area contributed by atoms with E-state index in [4.69, 9.17) is 10.8 Å². The maximum atomic E-state index is 12.4. The second-order valence-electron chi connectivity index (χ2n) is 5.89. The largest absolute Gasteiger partial charge is 0.463 e. The topological polar surface area (TPSA) is 45.5 Å². The van der Waals surface area contributed by atoms with Gasteiger partial charge in [-0.1, -0.05) is 5.92 Å². The quantitative estimate of drug-likeness (QED) is 0.854. The number of carbonyl (C=O) groups excluding carboxylic acids is 1. The second kappa shape index (κ2) is 4.64. The first-order chi connectivity index (χ1) is 10.2. The summed E-state index contributed by atoms with van der Waals surface area (Å²) >= 11 is 0. The van der Waals surface area contributed by atoms with Gasteiger partial charge in [-0.25, -0.2) is 0 Å².